The van der Waals surface area contributed by atoms with Gasteiger partial charge < -0.3 is 10.3 Å². The van der Waals surface area contributed by atoms with E-state index in [2.05, 4.69) is 20.4 Å². The number of hydrogen-bond donors (Lipinski definition) is 2. The van der Waals surface area contributed by atoms with Crippen LogP contribution in [0, 0.1) is 0 Å². The van der Waals surface area contributed by atoms with Gasteiger partial charge in [-0.2, -0.15) is 0 Å². The van der Waals surface area contributed by atoms with E-state index in [9.17, 15) is 9.59 Å². The normalized spacial score (nSPS) is 11.7. The van der Waals surface area contributed by atoms with Crippen molar-refractivity contribution in [2.75, 3.05) is 0 Å². The van der Waals surface area contributed by atoms with Gasteiger partial charge >= 0.3 is 0 Å². The van der Waals surface area contributed by atoms with Gasteiger partial charge in [0.1, 0.15) is 5.82 Å². The average molecular weight is 428 g/mol. The molecule has 3 aromatic rings. The fraction of sp³-hybridized carbons (Fsp3) is 0.364. The maximum absolute atomic E-state index is 12.7. The van der Waals surface area contributed by atoms with Crippen LogP contribution in [-0.4, -0.2) is 25.7 Å². The third-order valence-electron chi connectivity index (χ3n) is 4.67. The van der Waals surface area contributed by atoms with Crippen molar-refractivity contribution in [3.63, 3.8) is 0 Å². The predicted molar refractivity (Wildman–Crippen MR) is 117 cm³/mol. The minimum atomic E-state index is -0.456. The molecule has 0 spiro atoms. The highest BCUT2D eigenvalue weighted by Crippen LogP contribution is 2.23. The second-order valence-electron chi connectivity index (χ2n) is 8.47. The second kappa shape index (κ2) is 8.44. The summed E-state index contributed by atoms with van der Waals surface area (Å²) in [5.74, 6) is 0.229. The number of H-pyrrole nitrogens is 1. The molecule has 0 unspecified atom stereocenters. The lowest BCUT2D eigenvalue weighted by Gasteiger charge is -2.18. The zero-order chi connectivity index (χ0) is 22.1. The second-order valence-corrected chi connectivity index (χ2v) is 8.88. The number of aromatic nitrogens is 4. The fourth-order valence-electron chi connectivity index (χ4n) is 2.93. The molecule has 2 N–H and O–H groups in total. The number of carbonyl (C=O) groups excluding carboxylic acids is 1. The molecule has 2 heterocycles. The van der Waals surface area contributed by atoms with Gasteiger partial charge in [0, 0.05) is 29.1 Å². The number of rotatable bonds is 5. The van der Waals surface area contributed by atoms with E-state index >= 15 is 0 Å². The molecule has 0 atom stereocenters. The number of carbonyl (C=O) groups is 1. The van der Waals surface area contributed by atoms with Crippen molar-refractivity contribution in [3.05, 3.63) is 74.7 Å². The Labute approximate surface area is 180 Å². The van der Waals surface area contributed by atoms with Crippen LogP contribution < -0.4 is 10.9 Å². The predicted octanol–water partition coefficient (Wildman–Crippen LogP) is 3.96. The molecule has 158 valence electrons. The van der Waals surface area contributed by atoms with Crippen LogP contribution in [0.2, 0.25) is 5.02 Å². The molecule has 2 aromatic heterocycles. The van der Waals surface area contributed by atoms with Gasteiger partial charge in [-0.1, -0.05) is 58.4 Å². The average Bonchev–Trinajstić information content (AvgIpc) is 3.12. The Morgan fingerprint density at radius 3 is 2.50 bits per heavy atom. The number of aromatic amines is 1. The molecule has 0 aliphatic carbocycles. The Kier molecular flexibility index (Phi) is 6.12. The topological polar surface area (TPSA) is 92.7 Å². The Balaban J connectivity index is 1.82. The van der Waals surface area contributed by atoms with Gasteiger partial charge in [-0.05, 0) is 24.3 Å². The van der Waals surface area contributed by atoms with Gasteiger partial charge in [-0.15, -0.1) is 5.10 Å². The number of para-hydroxylation sites is 1. The van der Waals surface area contributed by atoms with Crippen LogP contribution in [0.15, 0.2) is 41.2 Å². The number of amides is 1. The summed E-state index contributed by atoms with van der Waals surface area (Å²) in [7, 11) is 0. The summed E-state index contributed by atoms with van der Waals surface area (Å²) in [6.45, 7) is 10.1. The summed E-state index contributed by atoms with van der Waals surface area (Å²) < 4.78 is 1.59. The van der Waals surface area contributed by atoms with Crippen LogP contribution >= 0.6 is 11.6 Å². The highest BCUT2D eigenvalue weighted by atomic mass is 35.5. The first-order chi connectivity index (χ1) is 14.1. The lowest BCUT2D eigenvalue weighted by molar-refractivity contribution is 0.0940. The monoisotopic (exact) mass is 427 g/mol. The highest BCUT2D eigenvalue weighted by Gasteiger charge is 2.21. The van der Waals surface area contributed by atoms with E-state index in [1.165, 1.54) is 0 Å². The lowest BCUT2D eigenvalue weighted by Crippen LogP contribution is -2.29. The van der Waals surface area contributed by atoms with Gasteiger partial charge in [0.25, 0.3) is 11.5 Å². The van der Waals surface area contributed by atoms with Gasteiger partial charge in [-0.3, -0.25) is 9.59 Å². The van der Waals surface area contributed by atoms with Crippen molar-refractivity contribution in [1.82, 2.24) is 25.1 Å². The molecule has 3 rings (SSSR count). The number of hydrogen-bond acceptors (Lipinski definition) is 4. The molecular formula is C22H26ClN5O2. The Morgan fingerprint density at radius 2 is 1.90 bits per heavy atom. The lowest BCUT2D eigenvalue weighted by atomic mass is 9.91. The number of nitrogens with zero attached hydrogens (tertiary/aromatic N) is 3. The number of nitrogens with one attached hydrogen (secondary N) is 2. The zero-order valence-electron chi connectivity index (χ0n) is 17.8. The third kappa shape index (κ3) is 4.62. The van der Waals surface area contributed by atoms with Gasteiger partial charge in [-0.25, -0.2) is 9.67 Å². The quantitative estimate of drug-likeness (QED) is 0.644. The van der Waals surface area contributed by atoms with Crippen molar-refractivity contribution >= 4 is 17.5 Å². The smallest absolute Gasteiger partial charge is 0.291 e. The van der Waals surface area contributed by atoms with Crippen molar-refractivity contribution in [2.24, 2.45) is 0 Å². The fourth-order valence-corrected chi connectivity index (χ4v) is 3.15. The molecule has 30 heavy (non-hydrogen) atoms. The zero-order valence-corrected chi connectivity index (χ0v) is 18.5. The molecule has 1 amide bonds. The Morgan fingerprint density at radius 1 is 1.20 bits per heavy atom. The van der Waals surface area contributed by atoms with Crippen LogP contribution in [0.1, 0.15) is 68.2 Å². The number of benzene rings is 1. The van der Waals surface area contributed by atoms with E-state index in [1.807, 2.05) is 58.9 Å². The van der Waals surface area contributed by atoms with E-state index in [1.54, 1.807) is 16.8 Å². The van der Waals surface area contributed by atoms with Gasteiger partial charge in [0.15, 0.2) is 0 Å². The van der Waals surface area contributed by atoms with Crippen LogP contribution in [0.5, 0.6) is 0 Å². The first-order valence-electron chi connectivity index (χ1n) is 9.80. The first kappa shape index (κ1) is 21.8. The maximum atomic E-state index is 12.7. The van der Waals surface area contributed by atoms with E-state index in [0.29, 0.717) is 22.1 Å². The molecule has 0 aliphatic rings. The summed E-state index contributed by atoms with van der Waals surface area (Å²) in [6.07, 6.45) is 0. The molecule has 0 saturated heterocycles. The highest BCUT2D eigenvalue weighted by molar-refractivity contribution is 6.32. The van der Waals surface area contributed by atoms with Crippen LogP contribution in [-0.2, 0) is 12.0 Å². The van der Waals surface area contributed by atoms with E-state index in [-0.39, 0.29) is 29.3 Å². The van der Waals surface area contributed by atoms with E-state index in [0.717, 1.165) is 5.69 Å². The first-order valence-corrected chi connectivity index (χ1v) is 10.2. The van der Waals surface area contributed by atoms with Crippen molar-refractivity contribution in [2.45, 2.75) is 52.5 Å². The van der Waals surface area contributed by atoms with Crippen molar-refractivity contribution in [3.8, 4) is 5.69 Å². The summed E-state index contributed by atoms with van der Waals surface area (Å²) in [5, 5.41) is 7.61. The maximum Gasteiger partial charge on any atom is 0.291 e. The molecule has 1 aromatic carbocycles. The molecular weight excluding hydrogens is 402 g/mol. The minimum Gasteiger partial charge on any atom is -0.345 e. The number of pyridine rings is 1. The molecule has 0 aliphatic heterocycles. The number of halogens is 1. The van der Waals surface area contributed by atoms with E-state index in [4.69, 9.17) is 11.6 Å². The molecule has 7 nitrogen and oxygen atoms in total. The molecule has 0 saturated carbocycles. The minimum absolute atomic E-state index is 0.0290. The van der Waals surface area contributed by atoms with Crippen LogP contribution in [0.25, 0.3) is 5.69 Å². The van der Waals surface area contributed by atoms with Crippen LogP contribution in [0.4, 0.5) is 0 Å². The molecule has 0 radical (unpaired) electrons. The summed E-state index contributed by atoms with van der Waals surface area (Å²) in [6, 6.07) is 10.9. The summed E-state index contributed by atoms with van der Waals surface area (Å²) >= 11 is 6.30. The molecule has 0 bridgehead atoms. The van der Waals surface area contributed by atoms with E-state index < -0.39 is 5.91 Å². The summed E-state index contributed by atoms with van der Waals surface area (Å²) in [4.78, 5) is 32.3. The Bertz CT molecular complexity index is 1130. The summed E-state index contributed by atoms with van der Waals surface area (Å²) in [5.41, 5.74) is 1.57. The Hall–Kier alpha value is -2.93. The molecule has 8 heteroatoms. The van der Waals surface area contributed by atoms with Gasteiger partial charge in [0.05, 0.1) is 10.7 Å². The van der Waals surface area contributed by atoms with Crippen molar-refractivity contribution in [1.29, 1.82) is 0 Å². The third-order valence-corrected chi connectivity index (χ3v) is 4.99. The standard InChI is InChI=1S/C22H26ClN5O2/c1-13(2)19-26-18(27-28(19)16-9-7-6-8-15(16)23)21(30)24-12-14-10-11-17(22(3,4)5)25-20(14)29/h6-11,13H,12H2,1-5H3,(H,24,30)(H,25,29). The SMILES string of the molecule is CC(C)c1nc(C(=O)NCc2ccc(C(C)(C)C)[nH]c2=O)nn1-c1ccccc1Cl. The largest absolute Gasteiger partial charge is 0.345 e. The van der Waals surface area contributed by atoms with Crippen LogP contribution in [0.3, 0.4) is 0 Å². The molecule has 0 fully saturated rings. The van der Waals surface area contributed by atoms with Crippen molar-refractivity contribution < 1.29 is 4.79 Å². The van der Waals surface area contributed by atoms with Gasteiger partial charge in [0.2, 0.25) is 5.82 Å².